The van der Waals surface area contributed by atoms with Gasteiger partial charge in [0.05, 0.1) is 0 Å². The summed E-state index contributed by atoms with van der Waals surface area (Å²) < 4.78 is 0. The number of hydrogen-bond donors (Lipinski definition) is 1. The van der Waals surface area contributed by atoms with Gasteiger partial charge in [-0.05, 0) is 25.8 Å². The van der Waals surface area contributed by atoms with E-state index < -0.39 is 0 Å². The molecule has 2 saturated heterocycles. The third-order valence-corrected chi connectivity index (χ3v) is 4.05. The highest BCUT2D eigenvalue weighted by molar-refractivity contribution is 5.85. The van der Waals surface area contributed by atoms with E-state index in [0.717, 1.165) is 38.8 Å². The van der Waals surface area contributed by atoms with Gasteiger partial charge in [0.1, 0.15) is 0 Å². The van der Waals surface area contributed by atoms with E-state index in [1.165, 1.54) is 25.8 Å². The first kappa shape index (κ1) is 15.7. The summed E-state index contributed by atoms with van der Waals surface area (Å²) in [4.78, 5) is 16.5. The number of carbonyl (C=O) groups excluding carboxylic acids is 1. The van der Waals surface area contributed by atoms with Crippen molar-refractivity contribution in [1.82, 2.24) is 15.1 Å². The van der Waals surface area contributed by atoms with E-state index in [9.17, 15) is 4.79 Å². The summed E-state index contributed by atoms with van der Waals surface area (Å²) in [7, 11) is 0. The van der Waals surface area contributed by atoms with Crippen molar-refractivity contribution in [2.24, 2.45) is 0 Å². The van der Waals surface area contributed by atoms with Crippen LogP contribution in [0, 0.1) is 0 Å². The Balaban J connectivity index is 0.00000162. The number of likely N-dealkylation sites (tertiary alicyclic amines) is 1. The van der Waals surface area contributed by atoms with Crippen molar-refractivity contribution in [3.05, 3.63) is 0 Å². The van der Waals surface area contributed by atoms with E-state index in [1.807, 2.05) is 4.90 Å². The first-order valence-corrected chi connectivity index (χ1v) is 7.04. The molecule has 0 spiro atoms. The molecule has 1 unspecified atom stereocenters. The van der Waals surface area contributed by atoms with Crippen LogP contribution in [0.2, 0.25) is 0 Å². The maximum absolute atomic E-state index is 12.0. The second-order valence-electron chi connectivity index (χ2n) is 5.12. The molecule has 106 valence electrons. The summed E-state index contributed by atoms with van der Waals surface area (Å²) in [6, 6.07) is 0.728. The van der Waals surface area contributed by atoms with E-state index in [-0.39, 0.29) is 12.4 Å². The number of halogens is 1. The molecule has 0 saturated carbocycles. The normalized spacial score (nSPS) is 24.9. The zero-order chi connectivity index (χ0) is 12.1. The SMILES string of the molecule is CCC1CCCN1CCC(=O)N1CCNCC1.Cl. The fourth-order valence-electron chi connectivity index (χ4n) is 2.96. The minimum atomic E-state index is 0. The van der Waals surface area contributed by atoms with Crippen LogP contribution in [0.3, 0.4) is 0 Å². The third kappa shape index (κ3) is 4.11. The monoisotopic (exact) mass is 275 g/mol. The average molecular weight is 276 g/mol. The molecule has 1 amide bonds. The van der Waals surface area contributed by atoms with Crippen molar-refractivity contribution in [1.29, 1.82) is 0 Å². The number of amides is 1. The zero-order valence-corrected chi connectivity index (χ0v) is 12.2. The van der Waals surface area contributed by atoms with Crippen LogP contribution in [-0.4, -0.2) is 61.0 Å². The van der Waals surface area contributed by atoms with Crippen LogP contribution in [0.1, 0.15) is 32.6 Å². The Hall–Kier alpha value is -0.320. The molecule has 2 aliphatic rings. The van der Waals surface area contributed by atoms with E-state index in [2.05, 4.69) is 17.1 Å². The molecule has 2 aliphatic heterocycles. The topological polar surface area (TPSA) is 35.6 Å². The number of hydrogen-bond acceptors (Lipinski definition) is 3. The van der Waals surface area contributed by atoms with Gasteiger partial charge < -0.3 is 10.2 Å². The molecule has 0 aromatic rings. The Kier molecular flexibility index (Phi) is 6.97. The first-order valence-electron chi connectivity index (χ1n) is 7.04. The van der Waals surface area contributed by atoms with E-state index in [1.54, 1.807) is 0 Å². The smallest absolute Gasteiger partial charge is 0.223 e. The van der Waals surface area contributed by atoms with Crippen molar-refractivity contribution >= 4 is 18.3 Å². The molecule has 5 heteroatoms. The maximum Gasteiger partial charge on any atom is 0.223 e. The number of nitrogens with one attached hydrogen (secondary N) is 1. The maximum atomic E-state index is 12.0. The molecular formula is C13H26ClN3O. The van der Waals surface area contributed by atoms with Gasteiger partial charge in [-0.25, -0.2) is 0 Å². The minimum Gasteiger partial charge on any atom is -0.340 e. The average Bonchev–Trinajstić information content (AvgIpc) is 2.84. The van der Waals surface area contributed by atoms with Gasteiger partial charge in [-0.3, -0.25) is 9.69 Å². The Morgan fingerprint density at radius 2 is 2.00 bits per heavy atom. The van der Waals surface area contributed by atoms with Crippen molar-refractivity contribution in [3.8, 4) is 0 Å². The number of rotatable bonds is 4. The lowest BCUT2D eigenvalue weighted by molar-refractivity contribution is -0.132. The molecular weight excluding hydrogens is 250 g/mol. The largest absolute Gasteiger partial charge is 0.340 e. The Labute approximate surface area is 116 Å². The molecule has 0 aliphatic carbocycles. The van der Waals surface area contributed by atoms with Crippen LogP contribution in [0.25, 0.3) is 0 Å². The number of carbonyl (C=O) groups is 1. The lowest BCUT2D eigenvalue weighted by atomic mass is 10.1. The molecule has 0 bridgehead atoms. The summed E-state index contributed by atoms with van der Waals surface area (Å²) in [5.74, 6) is 0.341. The van der Waals surface area contributed by atoms with Gasteiger partial charge in [-0.1, -0.05) is 6.92 Å². The fourth-order valence-corrected chi connectivity index (χ4v) is 2.96. The van der Waals surface area contributed by atoms with Gasteiger partial charge in [-0.2, -0.15) is 0 Å². The Morgan fingerprint density at radius 1 is 1.28 bits per heavy atom. The highest BCUT2D eigenvalue weighted by atomic mass is 35.5. The number of nitrogens with zero attached hydrogens (tertiary/aromatic N) is 2. The highest BCUT2D eigenvalue weighted by Gasteiger charge is 2.24. The molecule has 2 rings (SSSR count). The molecule has 2 heterocycles. The predicted octanol–water partition coefficient (Wildman–Crippen LogP) is 1.10. The standard InChI is InChI=1S/C13H25N3O.ClH/c1-2-12-4-3-8-15(12)9-5-13(17)16-10-6-14-7-11-16;/h12,14H,2-11H2,1H3;1H. The third-order valence-electron chi connectivity index (χ3n) is 4.05. The summed E-state index contributed by atoms with van der Waals surface area (Å²) in [6.45, 7) is 8.07. The Bertz CT molecular complexity index is 257. The molecule has 18 heavy (non-hydrogen) atoms. The van der Waals surface area contributed by atoms with Crippen LogP contribution < -0.4 is 5.32 Å². The Morgan fingerprint density at radius 3 is 2.67 bits per heavy atom. The molecule has 0 aromatic heterocycles. The molecule has 2 fully saturated rings. The van der Waals surface area contributed by atoms with Crippen molar-refractivity contribution in [3.63, 3.8) is 0 Å². The quantitative estimate of drug-likeness (QED) is 0.835. The zero-order valence-electron chi connectivity index (χ0n) is 11.4. The number of piperazine rings is 1. The second kappa shape index (κ2) is 7.97. The highest BCUT2D eigenvalue weighted by Crippen LogP contribution is 2.19. The van der Waals surface area contributed by atoms with Crippen molar-refractivity contribution < 1.29 is 4.79 Å². The van der Waals surface area contributed by atoms with E-state index >= 15 is 0 Å². The van der Waals surface area contributed by atoms with Gasteiger partial charge >= 0.3 is 0 Å². The molecule has 4 nitrogen and oxygen atoms in total. The van der Waals surface area contributed by atoms with Gasteiger partial charge in [0.25, 0.3) is 0 Å². The lowest BCUT2D eigenvalue weighted by Crippen LogP contribution is -2.47. The summed E-state index contributed by atoms with van der Waals surface area (Å²) in [6.07, 6.45) is 4.55. The van der Waals surface area contributed by atoms with Gasteiger partial charge in [-0.15, -0.1) is 12.4 Å². The van der Waals surface area contributed by atoms with Gasteiger partial charge in [0.2, 0.25) is 5.91 Å². The molecule has 0 aromatic carbocycles. The first-order chi connectivity index (χ1) is 8.31. The van der Waals surface area contributed by atoms with E-state index in [4.69, 9.17) is 0 Å². The van der Waals surface area contributed by atoms with Gasteiger partial charge in [0.15, 0.2) is 0 Å². The van der Waals surface area contributed by atoms with Crippen LogP contribution in [0.15, 0.2) is 0 Å². The summed E-state index contributed by atoms with van der Waals surface area (Å²) in [5, 5.41) is 3.28. The fraction of sp³-hybridized carbons (Fsp3) is 0.923. The lowest BCUT2D eigenvalue weighted by Gasteiger charge is -2.29. The predicted molar refractivity (Wildman–Crippen MR) is 76.2 cm³/mol. The van der Waals surface area contributed by atoms with Crippen LogP contribution in [-0.2, 0) is 4.79 Å². The van der Waals surface area contributed by atoms with Crippen molar-refractivity contribution in [2.45, 2.75) is 38.6 Å². The molecule has 0 radical (unpaired) electrons. The van der Waals surface area contributed by atoms with Crippen LogP contribution in [0.4, 0.5) is 0 Å². The summed E-state index contributed by atoms with van der Waals surface area (Å²) in [5.41, 5.74) is 0. The van der Waals surface area contributed by atoms with Crippen molar-refractivity contribution in [2.75, 3.05) is 39.3 Å². The van der Waals surface area contributed by atoms with Gasteiger partial charge in [0, 0.05) is 45.2 Å². The molecule has 1 atom stereocenters. The molecule has 1 N–H and O–H groups in total. The second-order valence-corrected chi connectivity index (χ2v) is 5.12. The summed E-state index contributed by atoms with van der Waals surface area (Å²) >= 11 is 0. The minimum absolute atomic E-state index is 0. The van der Waals surface area contributed by atoms with E-state index in [0.29, 0.717) is 12.3 Å². The van der Waals surface area contributed by atoms with Crippen LogP contribution >= 0.6 is 12.4 Å². The van der Waals surface area contributed by atoms with Crippen LogP contribution in [0.5, 0.6) is 0 Å².